The van der Waals surface area contributed by atoms with Gasteiger partial charge in [-0.05, 0) is 48.5 Å². The molecule has 0 aliphatic heterocycles. The highest BCUT2D eigenvalue weighted by molar-refractivity contribution is 6.31. The smallest absolute Gasteiger partial charge is 0.287 e. The summed E-state index contributed by atoms with van der Waals surface area (Å²) in [6.45, 7) is -0.0630. The molecule has 3 aromatic carbocycles. The second-order valence-electron chi connectivity index (χ2n) is 6.76. The van der Waals surface area contributed by atoms with E-state index in [-0.39, 0.29) is 22.9 Å². The number of hydrogen-bond donors (Lipinski definition) is 0. The Balaban J connectivity index is 1.78. The molecule has 5 rings (SSSR count). The van der Waals surface area contributed by atoms with E-state index in [1.807, 2.05) is 12.1 Å². The summed E-state index contributed by atoms with van der Waals surface area (Å²) in [6.07, 6.45) is 0. The van der Waals surface area contributed by atoms with E-state index in [4.69, 9.17) is 11.6 Å². The van der Waals surface area contributed by atoms with Crippen LogP contribution in [0.5, 0.6) is 0 Å². The van der Waals surface area contributed by atoms with E-state index in [1.165, 1.54) is 33.3 Å². The van der Waals surface area contributed by atoms with Crippen molar-refractivity contribution in [2.75, 3.05) is 0 Å². The standard InChI is InChI=1S/C22H13ClF2N4O/c23-17-5-3-6-18(25)16(17)12-28-19-7-2-1-4-15(19)21-26-20(27-29(21)22(28)30)13-8-10-14(24)11-9-13/h1-11H,12H2. The van der Waals surface area contributed by atoms with E-state index in [0.29, 0.717) is 27.9 Å². The molecule has 0 aliphatic rings. The zero-order chi connectivity index (χ0) is 20.8. The van der Waals surface area contributed by atoms with Gasteiger partial charge in [-0.25, -0.2) is 18.6 Å². The molecule has 0 spiro atoms. The van der Waals surface area contributed by atoms with Gasteiger partial charge in [0.05, 0.1) is 12.1 Å². The van der Waals surface area contributed by atoms with Crippen LogP contribution in [0.2, 0.25) is 5.02 Å². The molecule has 0 saturated carbocycles. The summed E-state index contributed by atoms with van der Waals surface area (Å²) < 4.78 is 30.2. The molecule has 0 fully saturated rings. The van der Waals surface area contributed by atoms with Crippen molar-refractivity contribution in [3.8, 4) is 11.4 Å². The molecule has 5 nitrogen and oxygen atoms in total. The van der Waals surface area contributed by atoms with Gasteiger partial charge in [0.2, 0.25) is 0 Å². The molecule has 30 heavy (non-hydrogen) atoms. The van der Waals surface area contributed by atoms with Crippen molar-refractivity contribution >= 4 is 28.2 Å². The molecule has 0 radical (unpaired) electrons. The van der Waals surface area contributed by atoms with Gasteiger partial charge in [0.15, 0.2) is 11.5 Å². The lowest BCUT2D eigenvalue weighted by Crippen LogP contribution is -2.28. The predicted octanol–water partition coefficient (Wildman–Crippen LogP) is 4.69. The first kappa shape index (κ1) is 18.4. The Kier molecular flexibility index (Phi) is 4.33. The average molecular weight is 423 g/mol. The summed E-state index contributed by atoms with van der Waals surface area (Å²) in [6, 6.07) is 17.3. The van der Waals surface area contributed by atoms with Crippen LogP contribution < -0.4 is 5.69 Å². The third kappa shape index (κ3) is 2.95. The summed E-state index contributed by atoms with van der Waals surface area (Å²) in [5, 5.41) is 5.24. The molecule has 8 heteroatoms. The zero-order valence-electron chi connectivity index (χ0n) is 15.4. The van der Waals surface area contributed by atoms with Crippen LogP contribution in [-0.4, -0.2) is 19.2 Å². The van der Waals surface area contributed by atoms with Gasteiger partial charge in [-0.1, -0.05) is 29.8 Å². The van der Waals surface area contributed by atoms with E-state index in [1.54, 1.807) is 30.3 Å². The van der Waals surface area contributed by atoms with E-state index in [0.717, 1.165) is 0 Å². The lowest BCUT2D eigenvalue weighted by Gasteiger charge is -2.12. The minimum atomic E-state index is -0.496. The van der Waals surface area contributed by atoms with Crippen molar-refractivity contribution in [3.05, 3.63) is 99.4 Å². The normalized spacial score (nSPS) is 11.4. The van der Waals surface area contributed by atoms with Gasteiger partial charge in [-0.15, -0.1) is 5.10 Å². The maximum atomic E-state index is 14.4. The first-order chi connectivity index (χ1) is 14.5. The Hall–Kier alpha value is -3.58. The third-order valence-electron chi connectivity index (χ3n) is 4.94. The number of para-hydroxylation sites is 1. The molecule has 0 atom stereocenters. The van der Waals surface area contributed by atoms with Crippen molar-refractivity contribution in [2.24, 2.45) is 0 Å². The lowest BCUT2D eigenvalue weighted by atomic mass is 10.2. The van der Waals surface area contributed by atoms with E-state index >= 15 is 0 Å². The highest BCUT2D eigenvalue weighted by Gasteiger charge is 2.18. The molecular formula is C22H13ClF2N4O. The summed E-state index contributed by atoms with van der Waals surface area (Å²) in [4.78, 5) is 17.8. The molecule has 0 saturated heterocycles. The second kappa shape index (κ2) is 7.03. The Morgan fingerprint density at radius 2 is 1.70 bits per heavy atom. The average Bonchev–Trinajstić information content (AvgIpc) is 3.19. The van der Waals surface area contributed by atoms with Crippen LogP contribution in [-0.2, 0) is 6.54 Å². The summed E-state index contributed by atoms with van der Waals surface area (Å²) in [5.74, 6) is -0.583. The van der Waals surface area contributed by atoms with Gasteiger partial charge in [0.1, 0.15) is 11.6 Å². The number of rotatable bonds is 3. The van der Waals surface area contributed by atoms with Crippen LogP contribution in [0.25, 0.3) is 27.9 Å². The first-order valence-electron chi connectivity index (χ1n) is 9.10. The van der Waals surface area contributed by atoms with Gasteiger partial charge >= 0.3 is 5.69 Å². The Labute approximate surface area is 173 Å². The Morgan fingerprint density at radius 3 is 2.47 bits per heavy atom. The van der Waals surface area contributed by atoms with Crippen molar-refractivity contribution in [1.29, 1.82) is 0 Å². The summed E-state index contributed by atoms with van der Waals surface area (Å²) in [7, 11) is 0. The van der Waals surface area contributed by atoms with Gasteiger partial charge in [0.25, 0.3) is 0 Å². The van der Waals surface area contributed by atoms with Crippen LogP contribution in [0.3, 0.4) is 0 Å². The van der Waals surface area contributed by atoms with Crippen molar-refractivity contribution in [1.82, 2.24) is 19.2 Å². The number of nitrogens with zero attached hydrogens (tertiary/aromatic N) is 4. The molecule has 5 aromatic rings. The molecule has 0 aliphatic carbocycles. The highest BCUT2D eigenvalue weighted by atomic mass is 35.5. The molecular weight excluding hydrogens is 410 g/mol. The Bertz CT molecular complexity index is 1450. The third-order valence-corrected chi connectivity index (χ3v) is 5.29. The predicted molar refractivity (Wildman–Crippen MR) is 111 cm³/mol. The maximum Gasteiger partial charge on any atom is 0.351 e. The zero-order valence-corrected chi connectivity index (χ0v) is 16.1. The number of benzene rings is 3. The minimum absolute atomic E-state index is 0.0630. The number of halogens is 3. The highest BCUT2D eigenvalue weighted by Crippen LogP contribution is 2.24. The summed E-state index contributed by atoms with van der Waals surface area (Å²) in [5.41, 5.74) is 1.25. The quantitative estimate of drug-likeness (QED) is 0.424. The minimum Gasteiger partial charge on any atom is -0.287 e. The van der Waals surface area contributed by atoms with Gasteiger partial charge < -0.3 is 0 Å². The fraction of sp³-hybridized carbons (Fsp3) is 0.0455. The van der Waals surface area contributed by atoms with Gasteiger partial charge in [0, 0.05) is 21.5 Å². The number of hydrogen-bond acceptors (Lipinski definition) is 3. The fourth-order valence-corrected chi connectivity index (χ4v) is 3.67. The largest absolute Gasteiger partial charge is 0.351 e. The molecule has 0 unspecified atom stereocenters. The topological polar surface area (TPSA) is 52.2 Å². The fourth-order valence-electron chi connectivity index (χ4n) is 3.45. The number of aromatic nitrogens is 4. The van der Waals surface area contributed by atoms with Crippen LogP contribution in [0, 0.1) is 11.6 Å². The van der Waals surface area contributed by atoms with Crippen molar-refractivity contribution in [2.45, 2.75) is 6.54 Å². The van der Waals surface area contributed by atoms with Crippen molar-refractivity contribution in [3.63, 3.8) is 0 Å². The van der Waals surface area contributed by atoms with Gasteiger partial charge in [-0.2, -0.15) is 4.52 Å². The monoisotopic (exact) mass is 422 g/mol. The van der Waals surface area contributed by atoms with Crippen molar-refractivity contribution < 1.29 is 8.78 Å². The Morgan fingerprint density at radius 1 is 0.933 bits per heavy atom. The van der Waals surface area contributed by atoms with Gasteiger partial charge in [-0.3, -0.25) is 4.57 Å². The van der Waals surface area contributed by atoms with E-state index in [2.05, 4.69) is 10.1 Å². The molecule has 2 aromatic heterocycles. The number of fused-ring (bicyclic) bond motifs is 3. The molecule has 2 heterocycles. The van der Waals surface area contributed by atoms with Crippen LogP contribution >= 0.6 is 11.6 Å². The van der Waals surface area contributed by atoms with E-state index in [9.17, 15) is 13.6 Å². The first-order valence-corrected chi connectivity index (χ1v) is 9.48. The molecule has 0 amide bonds. The summed E-state index contributed by atoms with van der Waals surface area (Å²) >= 11 is 6.18. The second-order valence-corrected chi connectivity index (χ2v) is 7.17. The maximum absolute atomic E-state index is 14.4. The molecule has 0 N–H and O–H groups in total. The van der Waals surface area contributed by atoms with Crippen LogP contribution in [0.15, 0.2) is 71.5 Å². The van der Waals surface area contributed by atoms with Crippen LogP contribution in [0.4, 0.5) is 8.78 Å². The SMILES string of the molecule is O=c1n(Cc2c(F)cccc2Cl)c2ccccc2c2nc(-c3ccc(F)cc3)nn12. The lowest BCUT2D eigenvalue weighted by molar-refractivity contribution is 0.595. The molecule has 148 valence electrons. The van der Waals surface area contributed by atoms with E-state index < -0.39 is 11.5 Å². The molecule has 0 bridgehead atoms. The van der Waals surface area contributed by atoms with Crippen LogP contribution in [0.1, 0.15) is 5.56 Å².